The molecule has 0 amide bonds. The number of phosphoric acid groups is 2. The molecule has 0 aromatic rings. The van der Waals surface area contributed by atoms with Gasteiger partial charge >= 0.3 is 39.5 Å². The molecule has 0 aliphatic carbocycles. The summed E-state index contributed by atoms with van der Waals surface area (Å²) in [4.78, 5) is 73.1. The van der Waals surface area contributed by atoms with Gasteiger partial charge in [0.15, 0.2) is 12.2 Å². The van der Waals surface area contributed by atoms with Crippen molar-refractivity contribution in [3.05, 3.63) is 0 Å². The van der Waals surface area contributed by atoms with Crippen molar-refractivity contribution in [2.45, 2.75) is 471 Å². The van der Waals surface area contributed by atoms with E-state index in [9.17, 15) is 43.2 Å². The van der Waals surface area contributed by atoms with Gasteiger partial charge in [-0.15, -0.1) is 0 Å². The van der Waals surface area contributed by atoms with E-state index in [1.165, 1.54) is 257 Å². The summed E-state index contributed by atoms with van der Waals surface area (Å²) in [6, 6.07) is 0. The number of hydrogen-bond donors (Lipinski definition) is 3. The second kappa shape index (κ2) is 76.1. The third-order valence-electron chi connectivity index (χ3n) is 21.2. The minimum absolute atomic E-state index is 0.104. The Morgan fingerprint density at radius 3 is 0.676 bits per heavy atom. The molecule has 0 aliphatic heterocycles. The van der Waals surface area contributed by atoms with Crippen molar-refractivity contribution < 1.29 is 80.2 Å². The fraction of sp³-hybridized carbons (Fsp3) is 0.953. The molecule has 0 aromatic carbocycles. The highest BCUT2D eigenvalue weighted by atomic mass is 31.2. The molecule has 8 atom stereocenters. The number of ether oxygens (including phenoxy) is 4. The van der Waals surface area contributed by atoms with Gasteiger partial charge in [0.05, 0.1) is 26.4 Å². The van der Waals surface area contributed by atoms with E-state index in [4.69, 9.17) is 37.0 Å². The number of hydrogen-bond acceptors (Lipinski definition) is 15. The van der Waals surface area contributed by atoms with Crippen molar-refractivity contribution in [2.75, 3.05) is 39.6 Å². The van der Waals surface area contributed by atoms with Crippen molar-refractivity contribution in [1.29, 1.82) is 0 Å². The van der Waals surface area contributed by atoms with Crippen LogP contribution in [-0.2, 0) is 65.4 Å². The second-order valence-corrected chi connectivity index (χ2v) is 34.6. The molecule has 0 heterocycles. The molecule has 17 nitrogen and oxygen atoms in total. The third-order valence-corrected chi connectivity index (χ3v) is 23.1. The quantitative estimate of drug-likeness (QED) is 0.0222. The van der Waals surface area contributed by atoms with Crippen LogP contribution in [0.5, 0.6) is 0 Å². The first-order valence-electron chi connectivity index (χ1n) is 44.5. The highest BCUT2D eigenvalue weighted by Crippen LogP contribution is 2.45. The fourth-order valence-corrected chi connectivity index (χ4v) is 14.9. The van der Waals surface area contributed by atoms with E-state index in [0.29, 0.717) is 25.7 Å². The lowest BCUT2D eigenvalue weighted by Gasteiger charge is -2.21. The van der Waals surface area contributed by atoms with Crippen LogP contribution in [-0.4, -0.2) is 96.7 Å². The zero-order chi connectivity index (χ0) is 77.2. The minimum atomic E-state index is -4.97. The maximum atomic E-state index is 13.1. The predicted octanol–water partition coefficient (Wildman–Crippen LogP) is 26.1. The van der Waals surface area contributed by atoms with Crippen LogP contribution in [0.4, 0.5) is 0 Å². The van der Waals surface area contributed by atoms with Gasteiger partial charge in [-0.25, -0.2) is 9.13 Å². The van der Waals surface area contributed by atoms with Crippen LogP contribution >= 0.6 is 15.6 Å². The molecule has 0 aromatic heterocycles. The number of carbonyl (C=O) groups is 4. The lowest BCUT2D eigenvalue weighted by atomic mass is 9.99. The van der Waals surface area contributed by atoms with E-state index in [1.54, 1.807) is 0 Å². The van der Waals surface area contributed by atoms with Crippen LogP contribution < -0.4 is 0 Å². The van der Waals surface area contributed by atoms with Gasteiger partial charge in [-0.3, -0.25) is 37.3 Å². The molecule has 19 heteroatoms. The Morgan fingerprint density at radius 1 is 0.267 bits per heavy atom. The predicted molar refractivity (Wildman–Crippen MR) is 432 cm³/mol. The smallest absolute Gasteiger partial charge is 0.462 e. The number of phosphoric ester groups is 2. The second-order valence-electron chi connectivity index (χ2n) is 31.7. The van der Waals surface area contributed by atoms with E-state index >= 15 is 0 Å². The standard InChI is InChI=1S/C86H168O17P2/c1-8-12-13-14-15-16-17-18-19-20-21-22-23-27-30-33-36-39-45-53-60-67-83(88)96-73-81(102-85(90)69-62-55-46-40-37-34-31-28-25-24-26-29-32-35-38-43-50-57-64-77(5)9-2)75-100-104(92,93)98-71-80(87)72-99-105(94,95)101-76-82(74-97-84(89)68-61-54-49-48-52-59-66-79(7)11-4)103-86(91)70-63-56-47-42-41-44-51-58-65-78(6)10-3/h77-82,87H,8-76H2,1-7H3,(H,92,93)(H,94,95)/t77?,78?,79?,80-,81-,82-/m1/s1. The van der Waals surface area contributed by atoms with Gasteiger partial charge in [0, 0.05) is 25.7 Å². The van der Waals surface area contributed by atoms with Crippen molar-refractivity contribution in [3.8, 4) is 0 Å². The molecule has 0 saturated carbocycles. The van der Waals surface area contributed by atoms with Gasteiger partial charge in [-0.1, -0.05) is 402 Å². The number of aliphatic hydroxyl groups excluding tert-OH is 1. The van der Waals surface area contributed by atoms with Crippen molar-refractivity contribution >= 4 is 39.5 Å². The first-order valence-corrected chi connectivity index (χ1v) is 47.5. The molecule has 3 N–H and O–H groups in total. The number of carbonyl (C=O) groups excluding carboxylic acids is 4. The fourth-order valence-electron chi connectivity index (χ4n) is 13.3. The maximum absolute atomic E-state index is 13.1. The molecule has 105 heavy (non-hydrogen) atoms. The summed E-state index contributed by atoms with van der Waals surface area (Å²) in [5, 5.41) is 10.7. The lowest BCUT2D eigenvalue weighted by molar-refractivity contribution is -0.161. The van der Waals surface area contributed by atoms with E-state index in [0.717, 1.165) is 114 Å². The van der Waals surface area contributed by atoms with E-state index in [-0.39, 0.29) is 25.7 Å². The molecule has 5 unspecified atom stereocenters. The summed E-state index contributed by atoms with van der Waals surface area (Å²) in [6.45, 7) is 12.0. The highest BCUT2D eigenvalue weighted by molar-refractivity contribution is 7.47. The molecule has 0 aliphatic rings. The Morgan fingerprint density at radius 2 is 0.457 bits per heavy atom. The van der Waals surface area contributed by atoms with E-state index < -0.39 is 97.5 Å². The number of unbranched alkanes of at least 4 members (excludes halogenated alkanes) is 49. The largest absolute Gasteiger partial charge is 0.472 e. The summed E-state index contributed by atoms with van der Waals surface area (Å²) in [6.07, 6.45) is 66.8. The summed E-state index contributed by atoms with van der Waals surface area (Å²) in [7, 11) is -9.93. The zero-order valence-corrected chi connectivity index (χ0v) is 71.0. The summed E-state index contributed by atoms with van der Waals surface area (Å²) in [5.41, 5.74) is 0. The molecule has 0 fully saturated rings. The highest BCUT2D eigenvalue weighted by Gasteiger charge is 2.31. The summed E-state index contributed by atoms with van der Waals surface area (Å²) >= 11 is 0. The molecular weight excluding hydrogens is 1370 g/mol. The first-order chi connectivity index (χ1) is 50.8. The summed E-state index contributed by atoms with van der Waals surface area (Å²) in [5.74, 6) is 0.261. The van der Waals surface area contributed by atoms with E-state index in [2.05, 4.69) is 48.5 Å². The normalized spacial score (nSPS) is 14.6. The number of aliphatic hydroxyl groups is 1. The van der Waals surface area contributed by atoms with Gasteiger partial charge in [0.2, 0.25) is 0 Å². The van der Waals surface area contributed by atoms with Gasteiger partial charge < -0.3 is 33.8 Å². The van der Waals surface area contributed by atoms with Gasteiger partial charge in [0.1, 0.15) is 19.3 Å². The zero-order valence-electron chi connectivity index (χ0n) is 69.2. The van der Waals surface area contributed by atoms with Crippen molar-refractivity contribution in [2.24, 2.45) is 17.8 Å². The Labute approximate surface area is 645 Å². The maximum Gasteiger partial charge on any atom is 0.472 e. The molecule has 624 valence electrons. The Balaban J connectivity index is 5.20. The van der Waals surface area contributed by atoms with Gasteiger partial charge in [-0.2, -0.15) is 0 Å². The van der Waals surface area contributed by atoms with Crippen LogP contribution in [0.3, 0.4) is 0 Å². The molecule has 0 saturated heterocycles. The molecule has 0 rings (SSSR count). The average Bonchev–Trinajstić information content (AvgIpc) is 0.906. The van der Waals surface area contributed by atoms with Crippen LogP contribution in [0.15, 0.2) is 0 Å². The number of rotatable bonds is 84. The van der Waals surface area contributed by atoms with Crippen LogP contribution in [0, 0.1) is 17.8 Å². The Bertz CT molecular complexity index is 2030. The SMILES string of the molecule is CCCCCCCCCCCCCCCCCCCCCCCC(=O)OC[C@H](COP(=O)(O)OC[C@@H](O)COP(=O)(O)OC[C@@H](COC(=O)CCCCCCCCC(C)CC)OC(=O)CCCCCCCCCCC(C)CC)OC(=O)CCCCCCCCCCCCCCCCCCCCC(C)CC. The van der Waals surface area contributed by atoms with Crippen molar-refractivity contribution in [1.82, 2.24) is 0 Å². The third kappa shape index (κ3) is 75.9. The molecule has 0 radical (unpaired) electrons. The Kier molecular flexibility index (Phi) is 74.7. The topological polar surface area (TPSA) is 237 Å². The van der Waals surface area contributed by atoms with E-state index in [1.807, 2.05) is 0 Å². The molecule has 0 spiro atoms. The summed E-state index contributed by atoms with van der Waals surface area (Å²) < 4.78 is 68.8. The Hall–Kier alpha value is -1.94. The monoisotopic (exact) mass is 1540 g/mol. The van der Waals surface area contributed by atoms with Gasteiger partial charge in [0.25, 0.3) is 0 Å². The molecule has 0 bridgehead atoms. The average molecular weight is 1540 g/mol. The number of esters is 4. The van der Waals surface area contributed by atoms with Crippen LogP contribution in [0.25, 0.3) is 0 Å². The van der Waals surface area contributed by atoms with Gasteiger partial charge in [-0.05, 0) is 43.4 Å². The van der Waals surface area contributed by atoms with Crippen LogP contribution in [0.1, 0.15) is 453 Å². The van der Waals surface area contributed by atoms with Crippen LogP contribution in [0.2, 0.25) is 0 Å². The minimum Gasteiger partial charge on any atom is -0.462 e. The first kappa shape index (κ1) is 103. The molecular formula is C86H168O17P2. The van der Waals surface area contributed by atoms with Crippen molar-refractivity contribution in [3.63, 3.8) is 0 Å². The lowest BCUT2D eigenvalue weighted by Crippen LogP contribution is -2.30.